The zero-order valence-corrected chi connectivity index (χ0v) is 16.3. The Kier molecular flexibility index (Phi) is 6.88. The number of para-hydroxylation sites is 2. The third kappa shape index (κ3) is 4.43. The molecule has 2 aromatic carbocycles. The smallest absolute Gasteiger partial charge is 0.353 e. The Labute approximate surface area is 167 Å². The largest absolute Gasteiger partial charge is 0.478 e. The Morgan fingerprint density at radius 3 is 2.33 bits per heavy atom. The number of hydrogen-bond donors (Lipinski definition) is 2. The number of hydrogen-bond acceptors (Lipinski definition) is 4. The molecule has 2 N–H and O–H groups in total. The van der Waals surface area contributed by atoms with Crippen LogP contribution in [0.15, 0.2) is 54.6 Å². The number of benzene rings is 2. The Morgan fingerprint density at radius 1 is 1.15 bits per heavy atom. The van der Waals surface area contributed by atoms with E-state index in [9.17, 15) is 14.7 Å². The first-order valence-electron chi connectivity index (χ1n) is 8.25. The Morgan fingerprint density at radius 2 is 1.78 bits per heavy atom. The summed E-state index contributed by atoms with van der Waals surface area (Å²) >= 11 is 12.4. The third-order valence-electron chi connectivity index (χ3n) is 4.01. The molecule has 0 fully saturated rings. The molecule has 1 unspecified atom stereocenters. The molecule has 1 atom stereocenters. The van der Waals surface area contributed by atoms with Gasteiger partial charge in [0.1, 0.15) is 0 Å². The summed E-state index contributed by atoms with van der Waals surface area (Å²) in [6.07, 6.45) is 2.69. The van der Waals surface area contributed by atoms with Gasteiger partial charge in [-0.25, -0.2) is 9.59 Å². The first-order valence-corrected chi connectivity index (χ1v) is 9.01. The summed E-state index contributed by atoms with van der Waals surface area (Å²) in [5.74, 6) is -2.02. The minimum absolute atomic E-state index is 0.0283. The van der Waals surface area contributed by atoms with Gasteiger partial charge >= 0.3 is 11.9 Å². The standard InChI is InChI=1S/C20H19Cl2NO4/c1-3-8-17(24)27-20(4-2,19(25)26)13-9-5-6-12-16(13)23-18-14(21)10-7-11-15(18)22/h3,5-12,23H,4H2,1-2H3,(H,25,26)/b8-3+. The van der Waals surface area contributed by atoms with Crippen molar-refractivity contribution < 1.29 is 19.4 Å². The predicted octanol–water partition coefficient (Wildman–Crippen LogP) is 5.55. The summed E-state index contributed by atoms with van der Waals surface area (Å²) < 4.78 is 5.38. The van der Waals surface area contributed by atoms with E-state index in [1.54, 1.807) is 56.3 Å². The molecule has 0 aromatic heterocycles. The van der Waals surface area contributed by atoms with Crippen molar-refractivity contribution in [1.82, 2.24) is 0 Å². The number of aliphatic carboxylic acids is 1. The zero-order valence-electron chi connectivity index (χ0n) is 14.8. The van der Waals surface area contributed by atoms with Gasteiger partial charge in [-0.05, 0) is 31.5 Å². The number of carboxylic acids is 1. The maximum absolute atomic E-state index is 12.2. The lowest BCUT2D eigenvalue weighted by molar-refractivity contribution is -0.177. The van der Waals surface area contributed by atoms with Gasteiger partial charge in [-0.2, -0.15) is 0 Å². The van der Waals surface area contributed by atoms with E-state index in [1.807, 2.05) is 0 Å². The van der Waals surface area contributed by atoms with Crippen LogP contribution in [0.3, 0.4) is 0 Å². The summed E-state index contributed by atoms with van der Waals surface area (Å²) in [5, 5.41) is 13.7. The topological polar surface area (TPSA) is 75.6 Å². The molecule has 0 aliphatic heterocycles. The van der Waals surface area contributed by atoms with Crippen LogP contribution in [-0.4, -0.2) is 17.0 Å². The molecule has 0 amide bonds. The van der Waals surface area contributed by atoms with Crippen molar-refractivity contribution in [2.24, 2.45) is 0 Å². The lowest BCUT2D eigenvalue weighted by atomic mass is 9.89. The maximum atomic E-state index is 12.2. The van der Waals surface area contributed by atoms with Crippen LogP contribution in [-0.2, 0) is 19.9 Å². The van der Waals surface area contributed by atoms with Crippen LogP contribution in [0.5, 0.6) is 0 Å². The van der Waals surface area contributed by atoms with Gasteiger partial charge < -0.3 is 15.2 Å². The highest BCUT2D eigenvalue weighted by Crippen LogP contribution is 2.39. The molecular weight excluding hydrogens is 389 g/mol. The van der Waals surface area contributed by atoms with E-state index in [1.165, 1.54) is 12.2 Å². The summed E-state index contributed by atoms with van der Waals surface area (Å²) in [6, 6.07) is 11.7. The van der Waals surface area contributed by atoms with Crippen molar-refractivity contribution in [3.63, 3.8) is 0 Å². The Balaban J connectivity index is 2.58. The monoisotopic (exact) mass is 407 g/mol. The first-order chi connectivity index (χ1) is 12.9. The number of ether oxygens (including phenoxy) is 1. The lowest BCUT2D eigenvalue weighted by Gasteiger charge is -2.30. The molecule has 5 nitrogen and oxygen atoms in total. The van der Waals surface area contributed by atoms with Crippen molar-refractivity contribution in [2.45, 2.75) is 25.9 Å². The number of nitrogens with one attached hydrogen (secondary N) is 1. The average Bonchev–Trinajstić information content (AvgIpc) is 2.63. The number of esters is 1. The molecule has 0 radical (unpaired) electrons. The van der Waals surface area contributed by atoms with Gasteiger partial charge in [0, 0.05) is 17.3 Å². The van der Waals surface area contributed by atoms with Gasteiger partial charge in [0.2, 0.25) is 5.60 Å². The SMILES string of the molecule is C/C=C/C(=O)OC(CC)(C(=O)O)c1ccccc1Nc1c(Cl)cccc1Cl. The van der Waals surface area contributed by atoms with Gasteiger partial charge in [-0.15, -0.1) is 0 Å². The number of anilines is 2. The molecule has 0 bridgehead atoms. The fourth-order valence-electron chi connectivity index (χ4n) is 2.67. The van der Waals surface area contributed by atoms with E-state index in [4.69, 9.17) is 27.9 Å². The van der Waals surface area contributed by atoms with Gasteiger partial charge in [-0.1, -0.05) is 60.5 Å². The van der Waals surface area contributed by atoms with Crippen LogP contribution in [0.4, 0.5) is 11.4 Å². The summed E-state index contributed by atoms with van der Waals surface area (Å²) in [5.41, 5.74) is -0.726. The van der Waals surface area contributed by atoms with Crippen LogP contribution in [0, 0.1) is 0 Å². The first kappa shape index (κ1) is 20.8. The second-order valence-electron chi connectivity index (χ2n) is 5.67. The molecule has 142 valence electrons. The molecule has 7 heteroatoms. The van der Waals surface area contributed by atoms with Crippen LogP contribution < -0.4 is 5.32 Å². The second-order valence-corrected chi connectivity index (χ2v) is 6.49. The van der Waals surface area contributed by atoms with E-state index in [0.29, 0.717) is 21.4 Å². The predicted molar refractivity (Wildman–Crippen MR) is 107 cm³/mol. The van der Waals surface area contributed by atoms with Crippen molar-refractivity contribution in [2.75, 3.05) is 5.32 Å². The van der Waals surface area contributed by atoms with E-state index in [0.717, 1.165) is 0 Å². The number of allylic oxidation sites excluding steroid dienone is 1. The van der Waals surface area contributed by atoms with Gasteiger partial charge in [-0.3, -0.25) is 0 Å². The average molecular weight is 408 g/mol. The fraction of sp³-hybridized carbons (Fsp3) is 0.200. The van der Waals surface area contributed by atoms with E-state index in [2.05, 4.69) is 5.32 Å². The fourth-order valence-corrected chi connectivity index (χ4v) is 3.16. The van der Waals surface area contributed by atoms with Crippen LogP contribution >= 0.6 is 23.2 Å². The van der Waals surface area contributed by atoms with Crippen LogP contribution in [0.2, 0.25) is 10.0 Å². The second kappa shape index (κ2) is 8.93. The third-order valence-corrected chi connectivity index (χ3v) is 4.64. The molecular formula is C20H19Cl2NO4. The summed E-state index contributed by atoms with van der Waals surface area (Å²) in [7, 11) is 0. The number of carboxylic acid groups (broad SMARTS) is 1. The molecule has 0 aliphatic carbocycles. The van der Waals surface area contributed by atoms with Crippen molar-refractivity contribution in [1.29, 1.82) is 0 Å². The normalized spacial score (nSPS) is 13.2. The zero-order chi connectivity index (χ0) is 20.0. The molecule has 0 aliphatic rings. The molecule has 0 saturated heterocycles. The van der Waals surface area contributed by atoms with Gasteiger partial charge in [0.15, 0.2) is 0 Å². The minimum Gasteiger partial charge on any atom is -0.478 e. The van der Waals surface area contributed by atoms with Crippen molar-refractivity contribution in [3.05, 3.63) is 70.2 Å². The highest BCUT2D eigenvalue weighted by atomic mass is 35.5. The van der Waals surface area contributed by atoms with E-state index < -0.39 is 17.5 Å². The summed E-state index contributed by atoms with van der Waals surface area (Å²) in [6.45, 7) is 3.28. The molecule has 0 saturated carbocycles. The van der Waals surface area contributed by atoms with E-state index in [-0.39, 0.29) is 12.0 Å². The molecule has 0 heterocycles. The maximum Gasteiger partial charge on any atom is 0.353 e. The highest BCUT2D eigenvalue weighted by Gasteiger charge is 2.44. The van der Waals surface area contributed by atoms with E-state index >= 15 is 0 Å². The van der Waals surface area contributed by atoms with Crippen molar-refractivity contribution >= 4 is 46.5 Å². The quantitative estimate of drug-likeness (QED) is 0.464. The van der Waals surface area contributed by atoms with Gasteiger partial charge in [0.05, 0.1) is 15.7 Å². The van der Waals surface area contributed by atoms with Crippen LogP contribution in [0.25, 0.3) is 0 Å². The number of carbonyl (C=O) groups excluding carboxylic acids is 1. The number of rotatable bonds is 7. The molecule has 2 rings (SSSR count). The van der Waals surface area contributed by atoms with Gasteiger partial charge in [0.25, 0.3) is 0 Å². The molecule has 0 spiro atoms. The lowest BCUT2D eigenvalue weighted by Crippen LogP contribution is -2.40. The Hall–Kier alpha value is -2.50. The number of halogens is 2. The summed E-state index contributed by atoms with van der Waals surface area (Å²) in [4.78, 5) is 24.2. The molecule has 2 aromatic rings. The van der Waals surface area contributed by atoms with Crippen LogP contribution in [0.1, 0.15) is 25.8 Å². The Bertz CT molecular complexity index is 862. The highest BCUT2D eigenvalue weighted by molar-refractivity contribution is 6.39. The molecule has 27 heavy (non-hydrogen) atoms. The van der Waals surface area contributed by atoms with Crippen molar-refractivity contribution in [3.8, 4) is 0 Å². The minimum atomic E-state index is -1.87. The number of carbonyl (C=O) groups is 2.